The van der Waals surface area contributed by atoms with Crippen molar-refractivity contribution in [2.24, 2.45) is 0 Å². The Morgan fingerprint density at radius 1 is 1.00 bits per heavy atom. The maximum Gasteiger partial charge on any atom is 0.161 e. The summed E-state index contributed by atoms with van der Waals surface area (Å²) in [5, 5.41) is 6.37. The molecule has 3 rings (SSSR count). The summed E-state index contributed by atoms with van der Waals surface area (Å²) in [6.45, 7) is 7.65. The van der Waals surface area contributed by atoms with Crippen LogP contribution in [-0.2, 0) is 0 Å². The summed E-state index contributed by atoms with van der Waals surface area (Å²) >= 11 is 3.43. The van der Waals surface area contributed by atoms with Crippen LogP contribution in [0.3, 0.4) is 0 Å². The van der Waals surface area contributed by atoms with E-state index in [1.54, 1.807) is 29.6 Å². The van der Waals surface area contributed by atoms with Gasteiger partial charge in [-0.2, -0.15) is 0 Å². The molecule has 0 aliphatic rings. The van der Waals surface area contributed by atoms with E-state index in [1.165, 1.54) is 9.40 Å². The predicted octanol–water partition coefficient (Wildman–Crippen LogP) is 5.35. The van der Waals surface area contributed by atoms with Crippen LogP contribution < -0.4 is 0 Å². The first-order valence-electron chi connectivity index (χ1n) is 5.68. The van der Waals surface area contributed by atoms with Crippen molar-refractivity contribution < 1.29 is 4.79 Å². The molecule has 0 fully saturated rings. The number of hydrogen-bond donors (Lipinski definition) is 0. The molecule has 0 saturated carbocycles. The maximum atomic E-state index is 12.0. The topological polar surface area (TPSA) is 17.1 Å². The summed E-state index contributed by atoms with van der Waals surface area (Å²) in [4.78, 5) is 12.0. The fraction of sp³-hybridized carbons (Fsp3) is 0.133. The van der Waals surface area contributed by atoms with Gasteiger partial charge < -0.3 is 0 Å². The molecule has 1 aromatic carbocycles. The van der Waals surface area contributed by atoms with Gasteiger partial charge in [-0.25, -0.2) is 0 Å². The first-order chi connectivity index (χ1) is 8.61. The first-order valence-corrected chi connectivity index (χ1v) is 7.44. The molecule has 0 saturated heterocycles. The second-order valence-electron chi connectivity index (χ2n) is 4.41. The number of fused-ring (bicyclic) bond motifs is 3. The molecule has 0 unspecified atom stereocenters. The van der Waals surface area contributed by atoms with Gasteiger partial charge in [0.25, 0.3) is 0 Å². The molecular weight excluding hydrogens is 260 g/mol. The lowest BCUT2D eigenvalue weighted by molar-refractivity contribution is 0.101. The van der Waals surface area contributed by atoms with E-state index in [9.17, 15) is 4.79 Å². The molecule has 0 amide bonds. The Bertz CT molecular complexity index is 722. The molecule has 0 atom stereocenters. The second kappa shape index (κ2) is 4.04. The highest BCUT2D eigenvalue weighted by Crippen LogP contribution is 2.41. The van der Waals surface area contributed by atoms with Crippen LogP contribution >= 0.6 is 22.7 Å². The van der Waals surface area contributed by atoms with Crippen molar-refractivity contribution in [3.8, 4) is 0 Å². The number of Topliss-reactive ketones (excluding diaryl/α,β-unsaturated/α-hetero) is 1. The fourth-order valence-electron chi connectivity index (χ4n) is 2.44. The van der Waals surface area contributed by atoms with Gasteiger partial charge in [0.05, 0.1) is 9.40 Å². The van der Waals surface area contributed by atoms with Crippen molar-refractivity contribution in [3.63, 3.8) is 0 Å². The third kappa shape index (κ3) is 1.48. The van der Waals surface area contributed by atoms with Crippen LogP contribution in [-0.4, -0.2) is 5.78 Å². The van der Waals surface area contributed by atoms with Crippen molar-refractivity contribution in [2.45, 2.75) is 13.8 Å². The van der Waals surface area contributed by atoms with E-state index >= 15 is 0 Å². The molecule has 0 spiro atoms. The molecule has 0 N–H and O–H groups in total. The number of carbonyl (C=O) groups excluding carboxylic acids is 1. The Labute approximate surface area is 113 Å². The van der Waals surface area contributed by atoms with Crippen LogP contribution in [0.1, 0.15) is 29.8 Å². The maximum absolute atomic E-state index is 12.0. The van der Waals surface area contributed by atoms with Gasteiger partial charge in [0.2, 0.25) is 0 Å². The van der Waals surface area contributed by atoms with E-state index in [1.807, 2.05) is 13.0 Å². The average Bonchev–Trinajstić information content (AvgIpc) is 2.93. The van der Waals surface area contributed by atoms with Gasteiger partial charge >= 0.3 is 0 Å². The number of allylic oxidation sites excluding steroid dienone is 1. The number of rotatable bonds is 2. The lowest BCUT2D eigenvalue weighted by Gasteiger charge is -2.10. The molecule has 90 valence electrons. The molecule has 2 heterocycles. The summed E-state index contributed by atoms with van der Waals surface area (Å²) in [6.07, 6.45) is 0. The zero-order valence-corrected chi connectivity index (χ0v) is 11.9. The summed E-state index contributed by atoms with van der Waals surface area (Å²) in [6, 6.07) is 4.14. The van der Waals surface area contributed by atoms with Gasteiger partial charge in [0.1, 0.15) is 0 Å². The van der Waals surface area contributed by atoms with E-state index in [0.717, 1.165) is 27.5 Å². The van der Waals surface area contributed by atoms with Crippen LogP contribution in [0.4, 0.5) is 0 Å². The minimum absolute atomic E-state index is 0.115. The highest BCUT2D eigenvalue weighted by molar-refractivity contribution is 7.25. The minimum atomic E-state index is 0.115. The third-order valence-electron chi connectivity index (χ3n) is 3.10. The van der Waals surface area contributed by atoms with Gasteiger partial charge in [0.15, 0.2) is 5.78 Å². The molecular formula is C15H12OS2. The van der Waals surface area contributed by atoms with E-state index in [2.05, 4.69) is 23.4 Å². The van der Waals surface area contributed by atoms with Crippen molar-refractivity contribution in [2.75, 3.05) is 0 Å². The van der Waals surface area contributed by atoms with Crippen LogP contribution in [0.15, 0.2) is 29.5 Å². The Morgan fingerprint density at radius 2 is 1.50 bits per heavy atom. The smallest absolute Gasteiger partial charge is 0.161 e. The van der Waals surface area contributed by atoms with Gasteiger partial charge in [-0.05, 0) is 47.9 Å². The van der Waals surface area contributed by atoms with Gasteiger partial charge in [0, 0.05) is 16.3 Å². The Kier molecular flexibility index (Phi) is 2.61. The molecule has 3 aromatic rings. The fourth-order valence-corrected chi connectivity index (χ4v) is 4.44. The zero-order chi connectivity index (χ0) is 12.9. The highest BCUT2D eigenvalue weighted by Gasteiger charge is 2.19. The Balaban J connectivity index is 2.66. The van der Waals surface area contributed by atoms with Gasteiger partial charge in [-0.1, -0.05) is 6.58 Å². The van der Waals surface area contributed by atoms with Crippen LogP contribution in [0.5, 0.6) is 0 Å². The van der Waals surface area contributed by atoms with E-state index in [4.69, 9.17) is 0 Å². The number of carbonyl (C=O) groups is 1. The zero-order valence-electron chi connectivity index (χ0n) is 10.2. The van der Waals surface area contributed by atoms with Crippen LogP contribution in [0, 0.1) is 0 Å². The van der Waals surface area contributed by atoms with Crippen molar-refractivity contribution in [1.29, 1.82) is 0 Å². The monoisotopic (exact) mass is 272 g/mol. The Morgan fingerprint density at radius 3 is 1.94 bits per heavy atom. The number of benzene rings is 1. The molecule has 0 radical (unpaired) electrons. The van der Waals surface area contributed by atoms with Crippen molar-refractivity contribution >= 4 is 54.2 Å². The largest absolute Gasteiger partial charge is 0.294 e. The van der Waals surface area contributed by atoms with E-state index in [0.29, 0.717) is 0 Å². The molecule has 0 aliphatic carbocycles. The predicted molar refractivity (Wildman–Crippen MR) is 81.9 cm³/mol. The number of thiophene rings is 2. The highest BCUT2D eigenvalue weighted by atomic mass is 32.1. The molecule has 0 aliphatic heterocycles. The molecule has 0 bridgehead atoms. The van der Waals surface area contributed by atoms with E-state index in [-0.39, 0.29) is 5.78 Å². The quantitative estimate of drug-likeness (QED) is 0.574. The lowest BCUT2D eigenvalue weighted by Crippen LogP contribution is -1.99. The summed E-state index contributed by atoms with van der Waals surface area (Å²) in [5.41, 5.74) is 2.80. The van der Waals surface area contributed by atoms with Crippen molar-refractivity contribution in [3.05, 3.63) is 40.6 Å². The van der Waals surface area contributed by atoms with Crippen LogP contribution in [0.2, 0.25) is 0 Å². The molecule has 3 heteroatoms. The first kappa shape index (κ1) is 11.6. The number of hydrogen-bond acceptors (Lipinski definition) is 3. The molecule has 1 nitrogen and oxygen atoms in total. The minimum Gasteiger partial charge on any atom is -0.294 e. The standard InChI is InChI=1S/C15H12OS2/c1-8(2)12-10-4-6-17-14(10)15-11(5-7-18-15)13(12)9(3)16/h4-7H,1H2,2-3H3. The molecule has 2 aromatic heterocycles. The van der Waals surface area contributed by atoms with Gasteiger partial charge in [-0.3, -0.25) is 4.79 Å². The van der Waals surface area contributed by atoms with Crippen LogP contribution in [0.25, 0.3) is 25.7 Å². The third-order valence-corrected chi connectivity index (χ3v) is 5.10. The van der Waals surface area contributed by atoms with Crippen molar-refractivity contribution in [1.82, 2.24) is 0 Å². The summed E-state index contributed by atoms with van der Waals surface area (Å²) < 4.78 is 2.48. The Hall–Kier alpha value is -1.45. The summed E-state index contributed by atoms with van der Waals surface area (Å²) in [5.74, 6) is 0.115. The normalized spacial score (nSPS) is 11.2. The number of ketones is 1. The SMILES string of the molecule is C=C(C)c1c(C(C)=O)c2ccsc2c2sccc12. The lowest BCUT2D eigenvalue weighted by atomic mass is 9.93. The second-order valence-corrected chi connectivity index (χ2v) is 6.25. The molecule has 18 heavy (non-hydrogen) atoms. The van der Waals surface area contributed by atoms with E-state index < -0.39 is 0 Å². The summed E-state index contributed by atoms with van der Waals surface area (Å²) in [7, 11) is 0. The average molecular weight is 272 g/mol. The van der Waals surface area contributed by atoms with Gasteiger partial charge in [-0.15, -0.1) is 22.7 Å².